The van der Waals surface area contributed by atoms with Crippen molar-refractivity contribution in [2.24, 2.45) is 0 Å². The molecule has 0 unspecified atom stereocenters. The van der Waals surface area contributed by atoms with Crippen molar-refractivity contribution in [2.75, 3.05) is 24.2 Å². The number of thioether (sulfide) groups is 1. The number of carbonyl (C=O) groups is 1. The largest absolute Gasteiger partial charge is 0.465 e. The second kappa shape index (κ2) is 8.10. The minimum atomic E-state index is -4.48. The molecule has 4 nitrogen and oxygen atoms in total. The molecule has 0 fully saturated rings. The third kappa shape index (κ3) is 6.87. The molecule has 0 aliphatic carbocycles. The molecule has 0 spiro atoms. The van der Waals surface area contributed by atoms with Crippen LogP contribution in [0.15, 0.2) is 12.3 Å². The highest BCUT2D eigenvalue weighted by Gasteiger charge is 2.31. The van der Waals surface area contributed by atoms with Gasteiger partial charge in [0.05, 0.1) is 22.9 Å². The average molecular weight is 371 g/mol. The van der Waals surface area contributed by atoms with Gasteiger partial charge in [0.15, 0.2) is 0 Å². The molecule has 0 amide bonds. The number of carbonyl (C=O) groups excluding carboxylic acids is 1. The van der Waals surface area contributed by atoms with E-state index >= 15 is 0 Å². The van der Waals surface area contributed by atoms with Gasteiger partial charge in [0.2, 0.25) is 0 Å². The van der Waals surface area contributed by atoms with Gasteiger partial charge in [-0.05, 0) is 26.8 Å². The Morgan fingerprint density at radius 3 is 2.61 bits per heavy atom. The number of alkyl halides is 3. The fourth-order valence-corrected chi connectivity index (χ4v) is 2.53. The van der Waals surface area contributed by atoms with Crippen LogP contribution in [0.2, 0.25) is 5.02 Å². The number of esters is 1. The molecule has 23 heavy (non-hydrogen) atoms. The van der Waals surface area contributed by atoms with Gasteiger partial charge in [-0.25, -0.2) is 4.98 Å². The SMILES string of the molecule is CCOC(=O)CSC(C)(C)CNc1ncc(C(F)(F)F)cc1Cl. The Balaban J connectivity index is 2.61. The van der Waals surface area contributed by atoms with E-state index < -0.39 is 11.7 Å². The van der Waals surface area contributed by atoms with E-state index in [9.17, 15) is 18.0 Å². The number of hydrogen-bond donors (Lipinski definition) is 1. The first-order chi connectivity index (χ1) is 10.5. The Kier molecular flexibility index (Phi) is 7.01. The van der Waals surface area contributed by atoms with Crippen LogP contribution in [-0.4, -0.2) is 34.6 Å². The van der Waals surface area contributed by atoms with E-state index in [1.165, 1.54) is 11.8 Å². The monoisotopic (exact) mass is 370 g/mol. The summed E-state index contributed by atoms with van der Waals surface area (Å²) >= 11 is 7.20. The summed E-state index contributed by atoms with van der Waals surface area (Å²) in [7, 11) is 0. The molecule has 0 aromatic carbocycles. The molecule has 1 aromatic rings. The Bertz CT molecular complexity index is 553. The molecule has 0 aliphatic heterocycles. The summed E-state index contributed by atoms with van der Waals surface area (Å²) in [6.45, 7) is 6.20. The minimum Gasteiger partial charge on any atom is -0.465 e. The molecular weight excluding hydrogens is 353 g/mol. The standard InChI is InChI=1S/C14H18ClF3N2O2S/c1-4-22-11(21)7-23-13(2,3)8-20-12-10(15)5-9(6-19-12)14(16,17)18/h5-6H,4,7-8H2,1-3H3,(H,19,20). The van der Waals surface area contributed by atoms with Gasteiger partial charge in [0, 0.05) is 17.5 Å². The number of ether oxygens (including phenoxy) is 1. The first-order valence-corrected chi connectivity index (χ1v) is 8.17. The number of hydrogen-bond acceptors (Lipinski definition) is 5. The molecule has 1 N–H and O–H groups in total. The molecule has 0 saturated heterocycles. The minimum absolute atomic E-state index is 0.106. The zero-order chi connectivity index (χ0) is 17.7. The van der Waals surface area contributed by atoms with Gasteiger partial charge in [0.25, 0.3) is 0 Å². The van der Waals surface area contributed by atoms with Crippen molar-refractivity contribution >= 4 is 35.1 Å². The Morgan fingerprint density at radius 1 is 1.43 bits per heavy atom. The topological polar surface area (TPSA) is 51.2 Å². The van der Waals surface area contributed by atoms with Crippen molar-refractivity contribution in [1.29, 1.82) is 0 Å². The van der Waals surface area contributed by atoms with Gasteiger partial charge in [-0.2, -0.15) is 13.2 Å². The van der Waals surface area contributed by atoms with E-state index in [0.29, 0.717) is 13.2 Å². The molecular formula is C14H18ClF3N2O2S. The highest BCUT2D eigenvalue weighted by atomic mass is 35.5. The van der Waals surface area contributed by atoms with Gasteiger partial charge in [-0.1, -0.05) is 11.6 Å². The lowest BCUT2D eigenvalue weighted by Gasteiger charge is -2.24. The zero-order valence-electron chi connectivity index (χ0n) is 13.0. The van der Waals surface area contributed by atoms with E-state index in [2.05, 4.69) is 10.3 Å². The third-order valence-corrected chi connectivity index (χ3v) is 4.33. The van der Waals surface area contributed by atoms with Crippen LogP contribution in [-0.2, 0) is 15.7 Å². The maximum absolute atomic E-state index is 12.5. The maximum Gasteiger partial charge on any atom is 0.417 e. The maximum atomic E-state index is 12.5. The van der Waals surface area contributed by atoms with E-state index in [1.54, 1.807) is 6.92 Å². The second-order valence-electron chi connectivity index (χ2n) is 5.26. The number of pyridine rings is 1. The Labute approximate surface area is 142 Å². The Morgan fingerprint density at radius 2 is 2.09 bits per heavy atom. The lowest BCUT2D eigenvalue weighted by molar-refractivity contribution is -0.140. The second-order valence-corrected chi connectivity index (χ2v) is 7.35. The summed E-state index contributed by atoms with van der Waals surface area (Å²) in [5.74, 6) is 0.0530. The van der Waals surface area contributed by atoms with Gasteiger partial charge < -0.3 is 10.1 Å². The summed E-state index contributed by atoms with van der Waals surface area (Å²) in [6, 6.07) is 0.829. The highest BCUT2D eigenvalue weighted by Crippen LogP contribution is 2.33. The van der Waals surface area contributed by atoms with E-state index in [0.717, 1.165) is 12.3 Å². The van der Waals surface area contributed by atoms with Gasteiger partial charge in [0.1, 0.15) is 5.82 Å². The smallest absolute Gasteiger partial charge is 0.417 e. The number of nitrogens with zero attached hydrogens (tertiary/aromatic N) is 1. The van der Waals surface area contributed by atoms with Gasteiger partial charge in [-0.3, -0.25) is 4.79 Å². The molecule has 1 aromatic heterocycles. The summed E-state index contributed by atoms with van der Waals surface area (Å²) in [5, 5.41) is 2.80. The predicted molar refractivity (Wildman–Crippen MR) is 85.9 cm³/mol. The lowest BCUT2D eigenvalue weighted by Crippen LogP contribution is -2.28. The van der Waals surface area contributed by atoms with Crippen LogP contribution in [0.1, 0.15) is 26.3 Å². The number of halogens is 4. The predicted octanol–water partition coefficient (Wildman–Crippen LogP) is 4.24. The number of nitrogens with one attached hydrogen (secondary N) is 1. The van der Waals surface area contributed by atoms with Crippen LogP contribution in [0, 0.1) is 0 Å². The fraction of sp³-hybridized carbons (Fsp3) is 0.571. The molecule has 0 radical (unpaired) electrons. The number of aromatic nitrogens is 1. The highest BCUT2D eigenvalue weighted by molar-refractivity contribution is 8.01. The molecule has 0 atom stereocenters. The third-order valence-electron chi connectivity index (χ3n) is 2.74. The number of rotatable bonds is 7. The number of anilines is 1. The van der Waals surface area contributed by atoms with Crippen LogP contribution in [0.25, 0.3) is 0 Å². The van der Waals surface area contributed by atoms with Crippen LogP contribution in [0.3, 0.4) is 0 Å². The van der Waals surface area contributed by atoms with Crippen molar-refractivity contribution < 1.29 is 22.7 Å². The molecule has 0 saturated carbocycles. The van der Waals surface area contributed by atoms with Gasteiger partial charge >= 0.3 is 12.1 Å². The van der Waals surface area contributed by atoms with Crippen LogP contribution >= 0.6 is 23.4 Å². The molecule has 130 valence electrons. The zero-order valence-corrected chi connectivity index (χ0v) is 14.5. The normalized spacial score (nSPS) is 12.1. The van der Waals surface area contributed by atoms with E-state index in [1.807, 2.05) is 13.8 Å². The van der Waals surface area contributed by atoms with Crippen LogP contribution < -0.4 is 5.32 Å². The first kappa shape index (κ1) is 19.9. The van der Waals surface area contributed by atoms with Crippen molar-refractivity contribution in [2.45, 2.75) is 31.7 Å². The molecule has 9 heteroatoms. The fourth-order valence-electron chi connectivity index (χ4n) is 1.53. The quantitative estimate of drug-likeness (QED) is 0.727. The summed E-state index contributed by atoms with van der Waals surface area (Å²) in [4.78, 5) is 15.1. The molecule has 0 aliphatic rings. The summed E-state index contributed by atoms with van der Waals surface area (Å²) in [6.07, 6.45) is -3.75. The molecule has 1 heterocycles. The first-order valence-electron chi connectivity index (χ1n) is 6.81. The van der Waals surface area contributed by atoms with Crippen molar-refractivity contribution in [3.05, 3.63) is 22.8 Å². The van der Waals surface area contributed by atoms with Crippen molar-refractivity contribution in [3.8, 4) is 0 Å². The molecule has 0 bridgehead atoms. The Hall–Kier alpha value is -1.15. The van der Waals surface area contributed by atoms with Crippen molar-refractivity contribution in [3.63, 3.8) is 0 Å². The summed E-state index contributed by atoms with van der Waals surface area (Å²) in [5.41, 5.74) is -0.899. The average Bonchev–Trinajstić information content (AvgIpc) is 2.43. The van der Waals surface area contributed by atoms with E-state index in [4.69, 9.17) is 16.3 Å². The summed E-state index contributed by atoms with van der Waals surface area (Å²) < 4.78 is 42.1. The van der Waals surface area contributed by atoms with E-state index in [-0.39, 0.29) is 27.3 Å². The van der Waals surface area contributed by atoms with Crippen LogP contribution in [0.4, 0.5) is 19.0 Å². The van der Waals surface area contributed by atoms with Crippen molar-refractivity contribution in [1.82, 2.24) is 4.98 Å². The lowest BCUT2D eigenvalue weighted by atomic mass is 10.2. The molecule has 1 rings (SSSR count). The van der Waals surface area contributed by atoms with Crippen LogP contribution in [0.5, 0.6) is 0 Å². The van der Waals surface area contributed by atoms with Gasteiger partial charge in [-0.15, -0.1) is 11.8 Å².